The van der Waals surface area contributed by atoms with Crippen molar-refractivity contribution in [3.8, 4) is 34.4 Å². The maximum Gasteiger partial charge on any atom is 0.328 e. The molecule has 63 heavy (non-hydrogen) atoms. The second-order valence-electron chi connectivity index (χ2n) is 13.8. The zero-order valence-electron chi connectivity index (χ0n) is 33.6. The number of nitrogens with zero attached hydrogens (tertiary/aromatic N) is 4. The standard InChI is InChI=1S/C41H41ClN8O12S/c1-20(12-26(51)13-30(44)38(53)54)40(57)61-18-28(62-41(58)21(2)48-32(52)14-31(45)39(55)56)17-59-27-10-6-22(7-11-27)33-29(15-43)37(50-35(46)34(33)47-3)63-19-25-16-60-36(49-25)23-4-8-24(42)9-5-23/h4-11,16,20-21,28,30-31H,12-14,17-19,44-45H2,1-2H3,(H2,46,50)(H,48,52)(H,53,54)(H,55,56)/t20-,21+,28+,30+,31+/m1/s1. The average molecular weight is 905 g/mol. The summed E-state index contributed by atoms with van der Waals surface area (Å²) >= 11 is 7.15. The van der Waals surface area contributed by atoms with E-state index in [9.17, 15) is 34.0 Å². The number of halogens is 1. The van der Waals surface area contributed by atoms with Crippen molar-refractivity contribution in [1.82, 2.24) is 15.3 Å². The number of rotatable bonds is 22. The van der Waals surface area contributed by atoms with Crippen LogP contribution in [0, 0.1) is 23.8 Å². The number of anilines is 1. The third kappa shape index (κ3) is 14.0. The molecular formula is C41H41ClN8O12S. The number of hydrogen-bond donors (Lipinski definition) is 6. The van der Waals surface area contributed by atoms with Gasteiger partial charge in [0.05, 0.1) is 30.2 Å². The predicted octanol–water partition coefficient (Wildman–Crippen LogP) is 3.89. The van der Waals surface area contributed by atoms with Crippen LogP contribution in [0.15, 0.2) is 64.2 Å². The van der Waals surface area contributed by atoms with Crippen molar-refractivity contribution in [2.24, 2.45) is 17.4 Å². The summed E-state index contributed by atoms with van der Waals surface area (Å²) in [6.45, 7) is 9.43. The second kappa shape index (κ2) is 22.7. The molecule has 0 saturated carbocycles. The van der Waals surface area contributed by atoms with E-state index in [1.807, 2.05) is 0 Å². The zero-order valence-corrected chi connectivity index (χ0v) is 35.2. The maximum absolute atomic E-state index is 13.0. The minimum atomic E-state index is -1.52. The van der Waals surface area contributed by atoms with Crippen LogP contribution in [-0.4, -0.2) is 93.2 Å². The number of ether oxygens (including phenoxy) is 3. The van der Waals surface area contributed by atoms with Gasteiger partial charge in [-0.05, 0) is 48.9 Å². The molecule has 2 aromatic carbocycles. The molecule has 5 atom stereocenters. The molecule has 2 aromatic heterocycles. The minimum Gasteiger partial charge on any atom is -0.490 e. The molecule has 9 N–H and O–H groups in total. The fraction of sp³-hybridized carbons (Fsp3) is 0.317. The third-order valence-electron chi connectivity index (χ3n) is 8.82. The molecule has 0 aliphatic rings. The number of aromatic nitrogens is 2. The number of carbonyl (C=O) groups is 6. The summed E-state index contributed by atoms with van der Waals surface area (Å²) in [5, 5.41) is 31.3. The van der Waals surface area contributed by atoms with Crippen LogP contribution in [0.1, 0.15) is 44.4 Å². The Hall–Kier alpha value is -7.04. The molecule has 0 aliphatic carbocycles. The number of Topliss-reactive ketones (excluding diaryl/α,β-unsaturated/α-hetero) is 1. The van der Waals surface area contributed by atoms with E-state index in [2.05, 4.69) is 26.2 Å². The van der Waals surface area contributed by atoms with Crippen LogP contribution >= 0.6 is 23.4 Å². The number of thioether (sulfide) groups is 1. The number of amides is 1. The van der Waals surface area contributed by atoms with E-state index < -0.39 is 91.8 Å². The number of pyridine rings is 1. The quantitative estimate of drug-likeness (QED) is 0.0370. The Kier molecular flexibility index (Phi) is 17.5. The highest BCUT2D eigenvalue weighted by molar-refractivity contribution is 7.98. The molecule has 0 fully saturated rings. The van der Waals surface area contributed by atoms with E-state index in [0.29, 0.717) is 27.7 Å². The van der Waals surface area contributed by atoms with E-state index in [4.69, 9.17) is 64.2 Å². The first kappa shape index (κ1) is 48.6. The molecule has 0 radical (unpaired) electrons. The molecule has 0 unspecified atom stereocenters. The topological polar surface area (TPSA) is 328 Å². The van der Waals surface area contributed by atoms with Gasteiger partial charge < -0.3 is 51.4 Å². The van der Waals surface area contributed by atoms with Gasteiger partial charge in [-0.25, -0.2) is 19.6 Å². The molecular weight excluding hydrogens is 864 g/mol. The predicted molar refractivity (Wildman–Crippen MR) is 225 cm³/mol. The third-order valence-corrected chi connectivity index (χ3v) is 10.1. The van der Waals surface area contributed by atoms with E-state index in [1.165, 1.54) is 32.2 Å². The number of ketones is 1. The Morgan fingerprint density at radius 2 is 1.57 bits per heavy atom. The van der Waals surface area contributed by atoms with Crippen molar-refractivity contribution < 1.29 is 57.6 Å². The number of nitrogens with one attached hydrogen (secondary N) is 1. The van der Waals surface area contributed by atoms with Gasteiger partial charge in [-0.15, -0.1) is 0 Å². The van der Waals surface area contributed by atoms with Crippen LogP contribution in [-0.2, 0) is 44.0 Å². The largest absolute Gasteiger partial charge is 0.490 e. The highest BCUT2D eigenvalue weighted by Crippen LogP contribution is 2.42. The van der Waals surface area contributed by atoms with E-state index in [-0.39, 0.29) is 45.6 Å². The van der Waals surface area contributed by atoms with Crippen molar-refractivity contribution in [2.75, 3.05) is 18.9 Å². The molecule has 4 aromatic rings. The molecule has 0 spiro atoms. The van der Waals surface area contributed by atoms with Crippen LogP contribution in [0.2, 0.25) is 5.02 Å². The number of hydrogen-bond acceptors (Lipinski definition) is 17. The summed E-state index contributed by atoms with van der Waals surface area (Å²) in [5.74, 6) is -6.49. The van der Waals surface area contributed by atoms with Crippen molar-refractivity contribution in [3.05, 3.63) is 82.5 Å². The van der Waals surface area contributed by atoms with Crippen LogP contribution in [0.25, 0.3) is 27.4 Å². The average Bonchev–Trinajstić information content (AvgIpc) is 3.72. The Morgan fingerprint density at radius 3 is 2.19 bits per heavy atom. The van der Waals surface area contributed by atoms with Gasteiger partial charge in [0.2, 0.25) is 17.5 Å². The van der Waals surface area contributed by atoms with Gasteiger partial charge in [-0.2, -0.15) is 5.26 Å². The Balaban J connectivity index is 1.49. The zero-order chi connectivity index (χ0) is 46.4. The van der Waals surface area contributed by atoms with E-state index in [0.717, 1.165) is 11.8 Å². The maximum atomic E-state index is 13.0. The van der Waals surface area contributed by atoms with Gasteiger partial charge in [-0.1, -0.05) is 42.4 Å². The first-order chi connectivity index (χ1) is 29.9. The fourth-order valence-electron chi connectivity index (χ4n) is 5.51. The van der Waals surface area contributed by atoms with Gasteiger partial charge in [0.15, 0.2) is 6.10 Å². The lowest BCUT2D eigenvalue weighted by atomic mass is 10.00. The molecule has 330 valence electrons. The molecule has 4 rings (SSSR count). The lowest BCUT2D eigenvalue weighted by Gasteiger charge is -2.22. The van der Waals surface area contributed by atoms with E-state index >= 15 is 0 Å². The highest BCUT2D eigenvalue weighted by Gasteiger charge is 2.28. The van der Waals surface area contributed by atoms with Crippen LogP contribution in [0.5, 0.6) is 5.75 Å². The molecule has 1 amide bonds. The Bertz CT molecular complexity index is 2420. The number of carboxylic acids is 2. The number of carboxylic acid groups (broad SMARTS) is 2. The SMILES string of the molecule is [C-]#[N+]c1c(N)nc(SCc2coc(-c3ccc(Cl)cc3)n2)c(C#N)c1-c1ccc(OC[C@@H](COC(=O)[C@H](C)CC(=O)C[C@H](N)C(=O)O)OC(=O)[C@H](C)NC(=O)C[C@H](N)C(=O)O)cc1. The highest BCUT2D eigenvalue weighted by atomic mass is 35.5. The first-order valence-corrected chi connectivity index (χ1v) is 20.1. The van der Waals surface area contributed by atoms with Crippen LogP contribution in [0.3, 0.4) is 0 Å². The normalized spacial score (nSPS) is 13.2. The van der Waals surface area contributed by atoms with E-state index in [1.54, 1.807) is 36.4 Å². The number of nitrogens with two attached hydrogens (primary N) is 3. The monoisotopic (exact) mass is 904 g/mol. The Morgan fingerprint density at radius 1 is 0.937 bits per heavy atom. The summed E-state index contributed by atoms with van der Waals surface area (Å²) in [6, 6.07) is 10.9. The molecule has 0 aliphatic heterocycles. The number of nitrogen functional groups attached to an aromatic ring is 1. The summed E-state index contributed by atoms with van der Waals surface area (Å²) in [5.41, 5.74) is 18.9. The number of benzene rings is 2. The summed E-state index contributed by atoms with van der Waals surface area (Å²) < 4.78 is 22.3. The molecule has 0 bridgehead atoms. The first-order valence-electron chi connectivity index (χ1n) is 18.7. The Labute approximate surface area is 368 Å². The number of oxazole rings is 1. The smallest absolute Gasteiger partial charge is 0.328 e. The van der Waals surface area contributed by atoms with Gasteiger partial charge in [-0.3, -0.25) is 24.0 Å². The van der Waals surface area contributed by atoms with Gasteiger partial charge >= 0.3 is 23.9 Å². The minimum absolute atomic E-state index is 0.0587. The molecule has 2 heterocycles. The van der Waals surface area contributed by atoms with Crippen molar-refractivity contribution in [2.45, 2.75) is 68.1 Å². The summed E-state index contributed by atoms with van der Waals surface area (Å²) in [7, 11) is 0. The lowest BCUT2D eigenvalue weighted by Crippen LogP contribution is -2.45. The summed E-state index contributed by atoms with van der Waals surface area (Å²) in [4.78, 5) is 84.8. The van der Waals surface area contributed by atoms with Gasteiger partial charge in [0.25, 0.3) is 0 Å². The number of esters is 2. The van der Waals surface area contributed by atoms with Crippen LogP contribution < -0.4 is 27.3 Å². The summed E-state index contributed by atoms with van der Waals surface area (Å²) in [6.07, 6.45) is -1.36. The van der Waals surface area contributed by atoms with Crippen molar-refractivity contribution >= 4 is 70.4 Å². The van der Waals surface area contributed by atoms with Gasteiger partial charge in [0.1, 0.15) is 66.0 Å². The molecule has 0 saturated heterocycles. The second-order valence-corrected chi connectivity index (χ2v) is 15.2. The number of carbonyl (C=O) groups excluding carboxylic acids is 4. The molecule has 20 nitrogen and oxygen atoms in total. The lowest BCUT2D eigenvalue weighted by molar-refractivity contribution is -0.164. The number of nitriles is 1. The van der Waals surface area contributed by atoms with Crippen LogP contribution in [0.4, 0.5) is 11.5 Å². The molecule has 22 heteroatoms. The van der Waals surface area contributed by atoms with Gasteiger partial charge in [0, 0.05) is 34.7 Å². The fourth-order valence-corrected chi connectivity index (χ4v) is 6.51. The van der Waals surface area contributed by atoms with Crippen molar-refractivity contribution in [3.63, 3.8) is 0 Å². The number of aliphatic carboxylic acids is 2. The van der Waals surface area contributed by atoms with Crippen molar-refractivity contribution in [1.29, 1.82) is 5.26 Å².